The molecular weight excluding hydrogens is 392 g/mol. The van der Waals surface area contributed by atoms with E-state index >= 15 is 0 Å². The van der Waals surface area contributed by atoms with Crippen molar-refractivity contribution in [2.75, 3.05) is 10.6 Å². The molecule has 0 aliphatic heterocycles. The summed E-state index contributed by atoms with van der Waals surface area (Å²) in [6.07, 6.45) is -0.587. The average molecular weight is 409 g/mol. The van der Waals surface area contributed by atoms with E-state index in [-0.39, 0.29) is 11.5 Å². The first-order chi connectivity index (χ1) is 11.6. The Balaban J connectivity index is 2.19. The van der Waals surface area contributed by atoms with Crippen LogP contribution >= 0.6 is 15.9 Å². The van der Waals surface area contributed by atoms with Crippen LogP contribution < -0.4 is 10.6 Å². The number of amides is 1. The Morgan fingerprint density at radius 1 is 1.24 bits per heavy atom. The van der Waals surface area contributed by atoms with Gasteiger partial charge < -0.3 is 10.1 Å². The maximum absolute atomic E-state index is 11.8. The maximum Gasteiger partial charge on any atom is 0.412 e. The average Bonchev–Trinajstić information content (AvgIpc) is 2.45. The monoisotopic (exact) mass is 408 g/mol. The first-order valence-electron chi connectivity index (χ1n) is 7.32. The van der Waals surface area contributed by atoms with Gasteiger partial charge in [-0.1, -0.05) is 6.07 Å². The van der Waals surface area contributed by atoms with Crippen molar-refractivity contribution in [1.29, 1.82) is 0 Å². The number of hydrogen-bond donors (Lipinski definition) is 2. The second-order valence-electron chi connectivity index (χ2n) is 6.09. The molecule has 0 fully saturated rings. The van der Waals surface area contributed by atoms with E-state index in [1.165, 1.54) is 12.1 Å². The summed E-state index contributed by atoms with van der Waals surface area (Å²) in [5.41, 5.74) is 0.244. The number of nitrogens with one attached hydrogen (secondary N) is 2. The van der Waals surface area contributed by atoms with Gasteiger partial charge in [0.25, 0.3) is 0 Å². The summed E-state index contributed by atoms with van der Waals surface area (Å²) in [6, 6.07) is 9.53. The first-order valence-corrected chi connectivity index (χ1v) is 8.11. The van der Waals surface area contributed by atoms with E-state index in [0.717, 1.165) is 0 Å². The Morgan fingerprint density at radius 3 is 2.56 bits per heavy atom. The number of aromatic nitrogens is 1. The number of benzene rings is 1. The van der Waals surface area contributed by atoms with Gasteiger partial charge in [-0.15, -0.1) is 0 Å². The molecule has 8 nitrogen and oxygen atoms in total. The minimum Gasteiger partial charge on any atom is -0.444 e. The predicted octanol–water partition coefficient (Wildman–Crippen LogP) is 4.84. The van der Waals surface area contributed by atoms with Crippen LogP contribution in [0.1, 0.15) is 20.8 Å². The number of rotatable bonds is 4. The number of hydrogen-bond acceptors (Lipinski definition) is 6. The summed E-state index contributed by atoms with van der Waals surface area (Å²) in [5.74, 6) is 0.0915. The van der Waals surface area contributed by atoms with E-state index in [4.69, 9.17) is 4.74 Å². The molecule has 1 aromatic carbocycles. The van der Waals surface area contributed by atoms with Crippen molar-refractivity contribution in [3.05, 3.63) is 51.1 Å². The SMILES string of the molecule is CC(C)(C)OC(=O)Nc1cccc(Nc2nc(Br)ccc2[N+](=O)[O-])c1. The van der Waals surface area contributed by atoms with Gasteiger partial charge in [0.2, 0.25) is 5.82 Å². The quantitative estimate of drug-likeness (QED) is 0.425. The van der Waals surface area contributed by atoms with Gasteiger partial charge in [0.15, 0.2) is 0 Å². The zero-order valence-electron chi connectivity index (χ0n) is 13.9. The molecular formula is C16H17BrN4O4. The molecule has 1 heterocycles. The van der Waals surface area contributed by atoms with Gasteiger partial charge in [-0.2, -0.15) is 0 Å². The summed E-state index contributed by atoms with van der Waals surface area (Å²) >= 11 is 3.19. The lowest BCUT2D eigenvalue weighted by atomic mass is 10.2. The zero-order valence-corrected chi connectivity index (χ0v) is 15.5. The predicted molar refractivity (Wildman–Crippen MR) is 98.2 cm³/mol. The van der Waals surface area contributed by atoms with E-state index in [1.807, 2.05) is 0 Å². The van der Waals surface area contributed by atoms with Crippen molar-refractivity contribution >= 4 is 44.9 Å². The number of anilines is 3. The number of carbonyl (C=O) groups is 1. The van der Waals surface area contributed by atoms with Crippen molar-refractivity contribution < 1.29 is 14.5 Å². The highest BCUT2D eigenvalue weighted by Crippen LogP contribution is 2.28. The normalized spacial score (nSPS) is 10.9. The maximum atomic E-state index is 11.8. The van der Waals surface area contributed by atoms with Crippen molar-refractivity contribution in [1.82, 2.24) is 4.98 Å². The second-order valence-corrected chi connectivity index (χ2v) is 6.90. The molecule has 0 radical (unpaired) electrons. The van der Waals surface area contributed by atoms with Gasteiger partial charge in [-0.05, 0) is 61.0 Å². The summed E-state index contributed by atoms with van der Waals surface area (Å²) in [6.45, 7) is 5.30. The fraction of sp³-hybridized carbons (Fsp3) is 0.250. The fourth-order valence-corrected chi connectivity index (χ4v) is 2.21. The Labute approximate surface area is 152 Å². The highest BCUT2D eigenvalue weighted by molar-refractivity contribution is 9.10. The van der Waals surface area contributed by atoms with Crippen LogP contribution in [0.15, 0.2) is 41.0 Å². The van der Waals surface area contributed by atoms with Crippen LogP contribution in [0.4, 0.5) is 27.7 Å². The Kier molecular flexibility index (Phi) is 5.58. The van der Waals surface area contributed by atoms with Gasteiger partial charge in [0.1, 0.15) is 10.2 Å². The minimum atomic E-state index is -0.610. The van der Waals surface area contributed by atoms with Gasteiger partial charge in [-0.25, -0.2) is 9.78 Å². The Morgan fingerprint density at radius 2 is 1.92 bits per heavy atom. The number of halogens is 1. The molecule has 0 unspecified atom stereocenters. The molecule has 25 heavy (non-hydrogen) atoms. The van der Waals surface area contributed by atoms with E-state index < -0.39 is 16.6 Å². The molecule has 0 spiro atoms. The van der Waals surface area contributed by atoms with E-state index in [1.54, 1.807) is 45.0 Å². The molecule has 2 rings (SSSR count). The second kappa shape index (κ2) is 7.47. The lowest BCUT2D eigenvalue weighted by Crippen LogP contribution is -2.27. The number of pyridine rings is 1. The topological polar surface area (TPSA) is 106 Å². The van der Waals surface area contributed by atoms with Crippen molar-refractivity contribution in [2.45, 2.75) is 26.4 Å². The lowest BCUT2D eigenvalue weighted by molar-refractivity contribution is -0.384. The number of carbonyl (C=O) groups excluding carboxylic acids is 1. The van der Waals surface area contributed by atoms with Crippen LogP contribution in [-0.4, -0.2) is 21.6 Å². The summed E-state index contributed by atoms with van der Waals surface area (Å²) < 4.78 is 5.65. The van der Waals surface area contributed by atoms with Crippen molar-refractivity contribution in [3.63, 3.8) is 0 Å². The summed E-state index contributed by atoms with van der Waals surface area (Å²) in [7, 11) is 0. The van der Waals surface area contributed by atoms with Crippen LogP contribution in [0.25, 0.3) is 0 Å². The van der Waals surface area contributed by atoms with Gasteiger partial charge in [0, 0.05) is 17.4 Å². The standard InChI is InChI=1S/C16H17BrN4O4/c1-16(2,3)25-15(22)19-11-6-4-5-10(9-11)18-14-12(21(23)24)7-8-13(17)20-14/h4-9H,1-3H3,(H,18,20)(H,19,22). The highest BCUT2D eigenvalue weighted by atomic mass is 79.9. The minimum absolute atomic E-state index is 0.0915. The first kappa shape index (κ1) is 18.7. The summed E-state index contributed by atoms with van der Waals surface area (Å²) in [4.78, 5) is 26.5. The Bertz CT molecular complexity index is 805. The summed E-state index contributed by atoms with van der Waals surface area (Å²) in [5, 5.41) is 16.6. The third kappa shape index (κ3) is 5.71. The largest absolute Gasteiger partial charge is 0.444 e. The molecule has 1 aromatic heterocycles. The van der Waals surface area contributed by atoms with Gasteiger partial charge >= 0.3 is 11.8 Å². The molecule has 0 saturated carbocycles. The zero-order chi connectivity index (χ0) is 18.6. The molecule has 2 N–H and O–H groups in total. The molecule has 2 aromatic rings. The van der Waals surface area contributed by atoms with Crippen molar-refractivity contribution in [3.8, 4) is 0 Å². The number of nitro groups is 1. The van der Waals surface area contributed by atoms with Gasteiger partial charge in [0.05, 0.1) is 4.92 Å². The number of ether oxygens (including phenoxy) is 1. The molecule has 9 heteroatoms. The molecule has 1 amide bonds. The number of nitrogens with zero attached hydrogens (tertiary/aromatic N) is 2. The third-order valence-corrected chi connectivity index (χ3v) is 3.25. The van der Waals surface area contributed by atoms with Crippen LogP contribution in [0, 0.1) is 10.1 Å². The van der Waals surface area contributed by atoms with Crippen molar-refractivity contribution in [2.24, 2.45) is 0 Å². The van der Waals surface area contributed by atoms with Crippen LogP contribution in [0.3, 0.4) is 0 Å². The molecule has 0 aliphatic carbocycles. The van der Waals surface area contributed by atoms with Crippen LogP contribution in [0.2, 0.25) is 0 Å². The molecule has 0 saturated heterocycles. The van der Waals surface area contributed by atoms with E-state index in [2.05, 4.69) is 31.5 Å². The lowest BCUT2D eigenvalue weighted by Gasteiger charge is -2.19. The van der Waals surface area contributed by atoms with Gasteiger partial charge in [-0.3, -0.25) is 15.4 Å². The molecule has 0 atom stereocenters. The van der Waals surface area contributed by atoms with Crippen LogP contribution in [0.5, 0.6) is 0 Å². The Hall–Kier alpha value is -2.68. The van der Waals surface area contributed by atoms with E-state index in [9.17, 15) is 14.9 Å². The fourth-order valence-electron chi connectivity index (χ4n) is 1.90. The smallest absolute Gasteiger partial charge is 0.412 e. The molecule has 0 bridgehead atoms. The highest BCUT2D eigenvalue weighted by Gasteiger charge is 2.17. The molecule has 0 aliphatic rings. The molecule has 132 valence electrons. The van der Waals surface area contributed by atoms with Crippen LogP contribution in [-0.2, 0) is 4.74 Å². The third-order valence-electron chi connectivity index (χ3n) is 2.81. The van der Waals surface area contributed by atoms with E-state index in [0.29, 0.717) is 16.0 Å².